The molecule has 0 fully saturated rings. The van der Waals surface area contributed by atoms with E-state index in [4.69, 9.17) is 28.4 Å². The van der Waals surface area contributed by atoms with Gasteiger partial charge in [0.1, 0.15) is 6.61 Å². The fraction of sp³-hybridized carbons (Fsp3) is 0.958. The molecule has 31 heavy (non-hydrogen) atoms. The van der Waals surface area contributed by atoms with Gasteiger partial charge in [0, 0.05) is 13.0 Å². The van der Waals surface area contributed by atoms with Crippen LogP contribution in [0.1, 0.15) is 78.1 Å². The van der Waals surface area contributed by atoms with Gasteiger partial charge in [-0.2, -0.15) is 0 Å². The highest BCUT2D eigenvalue weighted by Crippen LogP contribution is 2.07. The van der Waals surface area contributed by atoms with Crippen LogP contribution in [0.25, 0.3) is 0 Å². The van der Waals surface area contributed by atoms with Crippen LogP contribution < -0.4 is 0 Å². The number of carbonyl (C=O) groups is 1. The summed E-state index contributed by atoms with van der Waals surface area (Å²) in [7, 11) is 0. The lowest BCUT2D eigenvalue weighted by Crippen LogP contribution is -2.15. The number of hydrogen-bond acceptors (Lipinski definition) is 7. The zero-order valence-corrected chi connectivity index (χ0v) is 20.2. The molecule has 0 saturated heterocycles. The van der Waals surface area contributed by atoms with Crippen LogP contribution in [0.2, 0.25) is 0 Å². The molecule has 0 radical (unpaired) electrons. The third kappa shape index (κ3) is 27.2. The molecule has 0 aliphatic rings. The molecule has 0 aromatic carbocycles. The van der Waals surface area contributed by atoms with Gasteiger partial charge in [-0.25, -0.2) is 0 Å². The van der Waals surface area contributed by atoms with Crippen LogP contribution in [0, 0.1) is 0 Å². The van der Waals surface area contributed by atoms with Crippen molar-refractivity contribution in [3.05, 3.63) is 0 Å². The smallest absolute Gasteiger partial charge is 0.305 e. The largest absolute Gasteiger partial charge is 0.463 e. The summed E-state index contributed by atoms with van der Waals surface area (Å²) in [5.74, 6) is -0.129. The summed E-state index contributed by atoms with van der Waals surface area (Å²) in [6, 6.07) is 0. The normalized spacial score (nSPS) is 11.2. The van der Waals surface area contributed by atoms with Gasteiger partial charge in [0.05, 0.1) is 59.5 Å². The summed E-state index contributed by atoms with van der Waals surface area (Å²) >= 11 is 0. The molecule has 0 aliphatic heterocycles. The standard InChI is InChI=1S/C24H48O7/c1-3-5-7-8-9-10-12-24(25)31-23-22-30-21-20-29-19-18-28-17-16-27-15-14-26-13-11-6-4-2/h3-23H2,1-2H3. The van der Waals surface area contributed by atoms with E-state index in [2.05, 4.69) is 13.8 Å². The molecule has 0 atom stereocenters. The maximum Gasteiger partial charge on any atom is 0.305 e. The lowest BCUT2D eigenvalue weighted by atomic mass is 10.1. The van der Waals surface area contributed by atoms with E-state index in [-0.39, 0.29) is 5.97 Å². The van der Waals surface area contributed by atoms with Crippen LogP contribution in [0.15, 0.2) is 0 Å². The monoisotopic (exact) mass is 448 g/mol. The predicted molar refractivity (Wildman–Crippen MR) is 123 cm³/mol. The molecule has 0 aliphatic carbocycles. The number of ether oxygens (including phenoxy) is 6. The second-order valence-electron chi connectivity index (χ2n) is 7.51. The Morgan fingerprint density at radius 3 is 1.35 bits per heavy atom. The number of rotatable bonds is 26. The first-order valence-corrected chi connectivity index (χ1v) is 12.4. The maximum atomic E-state index is 11.6. The van der Waals surface area contributed by atoms with Crippen molar-refractivity contribution in [2.24, 2.45) is 0 Å². The summed E-state index contributed by atoms with van der Waals surface area (Å²) in [6.45, 7) is 10.3. The van der Waals surface area contributed by atoms with Gasteiger partial charge in [-0.05, 0) is 12.8 Å². The highest BCUT2D eigenvalue weighted by Gasteiger charge is 2.02. The molecule has 0 N–H and O–H groups in total. The van der Waals surface area contributed by atoms with Crippen molar-refractivity contribution in [2.45, 2.75) is 78.1 Å². The fourth-order valence-corrected chi connectivity index (χ4v) is 2.77. The molecule has 0 spiro atoms. The van der Waals surface area contributed by atoms with Gasteiger partial charge in [-0.1, -0.05) is 58.8 Å². The van der Waals surface area contributed by atoms with Crippen molar-refractivity contribution >= 4 is 5.97 Å². The molecule has 0 unspecified atom stereocenters. The Hall–Kier alpha value is -0.730. The van der Waals surface area contributed by atoms with Gasteiger partial charge >= 0.3 is 5.97 Å². The van der Waals surface area contributed by atoms with E-state index in [1.54, 1.807) is 0 Å². The van der Waals surface area contributed by atoms with Crippen LogP contribution in [0.3, 0.4) is 0 Å². The number of esters is 1. The number of unbranched alkanes of at least 4 members (excludes halogenated alkanes) is 7. The Labute approximate surface area is 190 Å². The van der Waals surface area contributed by atoms with Gasteiger partial charge in [-0.15, -0.1) is 0 Å². The van der Waals surface area contributed by atoms with E-state index in [9.17, 15) is 4.79 Å². The second-order valence-corrected chi connectivity index (χ2v) is 7.51. The summed E-state index contributed by atoms with van der Waals surface area (Å²) in [5, 5.41) is 0. The van der Waals surface area contributed by atoms with E-state index in [0.717, 1.165) is 25.9 Å². The zero-order valence-electron chi connectivity index (χ0n) is 20.2. The molecule has 7 nitrogen and oxygen atoms in total. The molecule has 7 heteroatoms. The van der Waals surface area contributed by atoms with E-state index in [1.807, 2.05) is 0 Å². The number of carbonyl (C=O) groups excluding carboxylic acids is 1. The highest BCUT2D eigenvalue weighted by molar-refractivity contribution is 5.69. The lowest BCUT2D eigenvalue weighted by molar-refractivity contribution is -0.145. The first-order valence-electron chi connectivity index (χ1n) is 12.4. The average Bonchev–Trinajstić information content (AvgIpc) is 2.77. The molecule has 0 saturated carbocycles. The SMILES string of the molecule is CCCCCCCCC(=O)OCCOCCOCCOCCOCCOCCCCC. The molecule has 0 amide bonds. The molecular weight excluding hydrogens is 400 g/mol. The Bertz CT molecular complexity index is 353. The van der Waals surface area contributed by atoms with Crippen molar-refractivity contribution in [3.8, 4) is 0 Å². The lowest BCUT2D eigenvalue weighted by Gasteiger charge is -2.08. The van der Waals surface area contributed by atoms with Gasteiger partial charge in [0.2, 0.25) is 0 Å². The molecule has 186 valence electrons. The minimum atomic E-state index is -0.129. The predicted octanol–water partition coefficient (Wildman–Crippen LogP) is 4.55. The molecular formula is C24H48O7. The molecule has 0 aromatic heterocycles. The van der Waals surface area contributed by atoms with Crippen LogP contribution in [-0.2, 0) is 33.2 Å². The summed E-state index contributed by atoms with van der Waals surface area (Å²) in [4.78, 5) is 11.6. The third-order valence-electron chi connectivity index (χ3n) is 4.61. The Balaban J connectivity index is 3.09. The average molecular weight is 449 g/mol. The first kappa shape index (κ1) is 30.3. The molecule has 0 aromatic rings. The zero-order chi connectivity index (χ0) is 22.7. The second kappa shape index (κ2) is 27.3. The Morgan fingerprint density at radius 2 is 0.839 bits per heavy atom. The fourth-order valence-electron chi connectivity index (χ4n) is 2.77. The Kier molecular flexibility index (Phi) is 26.7. The van der Waals surface area contributed by atoms with Crippen molar-refractivity contribution < 1.29 is 33.2 Å². The van der Waals surface area contributed by atoms with E-state index in [0.29, 0.717) is 72.5 Å². The van der Waals surface area contributed by atoms with Crippen LogP contribution in [0.4, 0.5) is 0 Å². The van der Waals surface area contributed by atoms with Crippen molar-refractivity contribution in [1.29, 1.82) is 0 Å². The van der Waals surface area contributed by atoms with Crippen molar-refractivity contribution in [2.75, 3.05) is 72.7 Å². The molecule has 0 rings (SSSR count). The quantitative estimate of drug-likeness (QED) is 0.142. The summed E-state index contributed by atoms with van der Waals surface area (Å²) < 4.78 is 32.3. The highest BCUT2D eigenvalue weighted by atomic mass is 16.6. The molecule has 0 heterocycles. The topological polar surface area (TPSA) is 72.5 Å². The van der Waals surface area contributed by atoms with E-state index < -0.39 is 0 Å². The summed E-state index contributed by atoms with van der Waals surface area (Å²) in [6.07, 6.45) is 11.1. The third-order valence-corrected chi connectivity index (χ3v) is 4.61. The molecule has 0 bridgehead atoms. The van der Waals surface area contributed by atoms with E-state index >= 15 is 0 Å². The van der Waals surface area contributed by atoms with Crippen molar-refractivity contribution in [3.63, 3.8) is 0 Å². The van der Waals surface area contributed by atoms with E-state index in [1.165, 1.54) is 38.5 Å². The van der Waals surface area contributed by atoms with Gasteiger partial charge < -0.3 is 28.4 Å². The maximum absolute atomic E-state index is 11.6. The van der Waals surface area contributed by atoms with Gasteiger partial charge in [0.25, 0.3) is 0 Å². The van der Waals surface area contributed by atoms with Crippen LogP contribution in [0.5, 0.6) is 0 Å². The van der Waals surface area contributed by atoms with Crippen LogP contribution in [-0.4, -0.2) is 78.6 Å². The summed E-state index contributed by atoms with van der Waals surface area (Å²) in [5.41, 5.74) is 0. The number of hydrogen-bond donors (Lipinski definition) is 0. The van der Waals surface area contributed by atoms with Gasteiger partial charge in [-0.3, -0.25) is 4.79 Å². The van der Waals surface area contributed by atoms with Crippen molar-refractivity contribution in [1.82, 2.24) is 0 Å². The Morgan fingerprint density at radius 1 is 0.452 bits per heavy atom. The van der Waals surface area contributed by atoms with Crippen LogP contribution >= 0.6 is 0 Å². The minimum Gasteiger partial charge on any atom is -0.463 e. The van der Waals surface area contributed by atoms with Gasteiger partial charge in [0.15, 0.2) is 0 Å². The minimum absolute atomic E-state index is 0.129. The first-order chi connectivity index (χ1) is 15.3.